The molecular weight excluding hydrogens is 294 g/mol. The molecule has 92 valence electrons. The number of anilines is 2. The van der Waals surface area contributed by atoms with Crippen molar-refractivity contribution in [3.05, 3.63) is 46.9 Å². The SMILES string of the molecule is [2H]C1([2H])Oc2ccc(N(C)c3ccc(Br)cc3)cc2O1. The average Bonchev–Trinajstić information content (AvgIpc) is 2.71. The highest BCUT2D eigenvalue weighted by Gasteiger charge is 2.15. The fourth-order valence-corrected chi connectivity index (χ4v) is 2.06. The summed E-state index contributed by atoms with van der Waals surface area (Å²) in [4.78, 5) is 1.99. The predicted molar refractivity (Wildman–Crippen MR) is 74.8 cm³/mol. The van der Waals surface area contributed by atoms with E-state index in [-0.39, 0.29) is 0 Å². The molecule has 0 unspecified atom stereocenters. The molecule has 2 aromatic rings. The van der Waals surface area contributed by atoms with Gasteiger partial charge in [0.15, 0.2) is 11.5 Å². The molecule has 0 amide bonds. The lowest BCUT2D eigenvalue weighted by Crippen LogP contribution is -2.08. The Hall–Kier alpha value is -1.68. The molecule has 0 saturated carbocycles. The van der Waals surface area contributed by atoms with Crippen LogP contribution in [0, 0.1) is 0 Å². The largest absolute Gasteiger partial charge is 0.454 e. The first-order valence-corrected chi connectivity index (χ1v) is 6.25. The van der Waals surface area contributed by atoms with Gasteiger partial charge in [0.25, 0.3) is 0 Å². The van der Waals surface area contributed by atoms with E-state index >= 15 is 0 Å². The zero-order chi connectivity index (χ0) is 14.3. The Morgan fingerprint density at radius 1 is 1.06 bits per heavy atom. The molecule has 2 aromatic carbocycles. The van der Waals surface area contributed by atoms with E-state index in [9.17, 15) is 0 Å². The maximum Gasteiger partial charge on any atom is 0.231 e. The van der Waals surface area contributed by atoms with Crippen LogP contribution in [0.1, 0.15) is 2.74 Å². The third-order valence-electron chi connectivity index (χ3n) is 2.83. The highest BCUT2D eigenvalue weighted by atomic mass is 79.9. The van der Waals surface area contributed by atoms with Crippen LogP contribution in [0.4, 0.5) is 11.4 Å². The van der Waals surface area contributed by atoms with Gasteiger partial charge in [-0.05, 0) is 36.4 Å². The summed E-state index contributed by atoms with van der Waals surface area (Å²) in [7, 11) is 1.94. The van der Waals surface area contributed by atoms with Crippen molar-refractivity contribution >= 4 is 27.3 Å². The highest BCUT2D eigenvalue weighted by molar-refractivity contribution is 9.10. The lowest BCUT2D eigenvalue weighted by atomic mass is 10.2. The number of ether oxygens (including phenoxy) is 2. The first-order valence-electron chi connectivity index (χ1n) is 6.46. The van der Waals surface area contributed by atoms with Crippen LogP contribution in [0.15, 0.2) is 46.9 Å². The van der Waals surface area contributed by atoms with Gasteiger partial charge in [0.1, 0.15) is 2.74 Å². The van der Waals surface area contributed by atoms with Crippen molar-refractivity contribution in [3.63, 3.8) is 0 Å². The minimum atomic E-state index is -2.09. The molecule has 0 N–H and O–H groups in total. The second-order valence-electron chi connectivity index (χ2n) is 3.95. The number of rotatable bonds is 2. The second kappa shape index (κ2) is 4.53. The number of benzene rings is 2. The van der Waals surface area contributed by atoms with Gasteiger partial charge < -0.3 is 14.4 Å². The summed E-state index contributed by atoms with van der Waals surface area (Å²) in [5, 5.41) is 0. The monoisotopic (exact) mass is 307 g/mol. The standard InChI is InChI=1S/C14H12BrNO2/c1-16(11-4-2-10(15)3-5-11)12-6-7-13-14(8-12)18-9-17-13/h2-8H,9H2,1H3/i9D2. The lowest BCUT2D eigenvalue weighted by Gasteiger charge is -2.19. The predicted octanol–water partition coefficient (Wildman–Crippen LogP) is 3.95. The zero-order valence-electron chi connectivity index (χ0n) is 11.7. The average molecular weight is 308 g/mol. The van der Waals surface area contributed by atoms with Gasteiger partial charge in [-0.3, -0.25) is 0 Å². The van der Waals surface area contributed by atoms with E-state index in [1.807, 2.05) is 42.3 Å². The van der Waals surface area contributed by atoms with E-state index < -0.39 is 6.75 Å². The molecule has 1 heterocycles. The summed E-state index contributed by atoms with van der Waals surface area (Å²) < 4.78 is 26.1. The second-order valence-corrected chi connectivity index (χ2v) is 4.87. The molecule has 18 heavy (non-hydrogen) atoms. The molecule has 3 rings (SSSR count). The molecule has 0 bridgehead atoms. The van der Waals surface area contributed by atoms with Crippen LogP contribution in [0.3, 0.4) is 0 Å². The van der Waals surface area contributed by atoms with Crippen LogP contribution < -0.4 is 14.4 Å². The third-order valence-corrected chi connectivity index (χ3v) is 3.36. The fraction of sp³-hybridized carbons (Fsp3) is 0.143. The van der Waals surface area contributed by atoms with Gasteiger partial charge in [-0.15, -0.1) is 0 Å². The summed E-state index contributed by atoms with van der Waals surface area (Å²) in [5.74, 6) is 0.833. The molecule has 1 aliphatic heterocycles. The van der Waals surface area contributed by atoms with Crippen molar-refractivity contribution in [2.75, 3.05) is 18.7 Å². The van der Waals surface area contributed by atoms with Crippen LogP contribution in [0.5, 0.6) is 11.5 Å². The van der Waals surface area contributed by atoms with Crippen LogP contribution in [0.25, 0.3) is 0 Å². The summed E-state index contributed by atoms with van der Waals surface area (Å²) in [6.07, 6.45) is 0. The van der Waals surface area contributed by atoms with Gasteiger partial charge in [-0.1, -0.05) is 15.9 Å². The van der Waals surface area contributed by atoms with E-state index in [4.69, 9.17) is 12.2 Å². The van der Waals surface area contributed by atoms with E-state index in [1.54, 1.807) is 12.1 Å². The Morgan fingerprint density at radius 3 is 2.50 bits per heavy atom. The lowest BCUT2D eigenvalue weighted by molar-refractivity contribution is 0.174. The highest BCUT2D eigenvalue weighted by Crippen LogP contribution is 2.37. The number of hydrogen-bond donors (Lipinski definition) is 0. The Balaban J connectivity index is 1.90. The van der Waals surface area contributed by atoms with Crippen molar-refractivity contribution in [1.82, 2.24) is 0 Å². The topological polar surface area (TPSA) is 21.7 Å². The third kappa shape index (κ3) is 2.04. The number of hydrogen-bond acceptors (Lipinski definition) is 3. The van der Waals surface area contributed by atoms with E-state index in [1.165, 1.54) is 0 Å². The molecule has 0 spiro atoms. The van der Waals surface area contributed by atoms with Gasteiger partial charge in [-0.25, -0.2) is 0 Å². The van der Waals surface area contributed by atoms with Gasteiger partial charge >= 0.3 is 0 Å². The Morgan fingerprint density at radius 2 is 1.72 bits per heavy atom. The number of halogens is 1. The van der Waals surface area contributed by atoms with Crippen LogP contribution in [-0.4, -0.2) is 13.8 Å². The van der Waals surface area contributed by atoms with Gasteiger partial charge in [0.2, 0.25) is 6.75 Å². The van der Waals surface area contributed by atoms with Gasteiger partial charge in [0.05, 0.1) is 0 Å². The normalized spacial score (nSPS) is 17.0. The molecular formula is C14H12BrNO2. The van der Waals surface area contributed by atoms with E-state index in [0.717, 1.165) is 15.8 Å². The van der Waals surface area contributed by atoms with Crippen LogP contribution in [-0.2, 0) is 0 Å². The Kier molecular flexibility index (Phi) is 2.34. The maximum atomic E-state index is 7.44. The smallest absolute Gasteiger partial charge is 0.231 e. The van der Waals surface area contributed by atoms with Crippen molar-refractivity contribution in [1.29, 1.82) is 0 Å². The van der Waals surface area contributed by atoms with E-state index in [2.05, 4.69) is 15.9 Å². The minimum absolute atomic E-state index is 0.413. The molecule has 0 saturated heterocycles. The van der Waals surface area contributed by atoms with Crippen LogP contribution >= 0.6 is 15.9 Å². The van der Waals surface area contributed by atoms with Crippen molar-refractivity contribution in [2.45, 2.75) is 0 Å². The molecule has 0 radical (unpaired) electrons. The molecule has 0 aliphatic carbocycles. The minimum Gasteiger partial charge on any atom is -0.454 e. The Bertz CT molecular complexity index is 646. The van der Waals surface area contributed by atoms with Gasteiger partial charge in [0, 0.05) is 29.0 Å². The molecule has 4 heteroatoms. The van der Waals surface area contributed by atoms with E-state index in [0.29, 0.717) is 11.5 Å². The summed E-state index contributed by atoms with van der Waals surface area (Å²) in [6, 6.07) is 13.3. The van der Waals surface area contributed by atoms with Crippen LogP contribution in [0.2, 0.25) is 0 Å². The first-order chi connectivity index (χ1) is 9.44. The Labute approximate surface area is 117 Å². The molecule has 3 nitrogen and oxygen atoms in total. The summed E-state index contributed by atoms with van der Waals surface area (Å²) in [6.45, 7) is -2.09. The van der Waals surface area contributed by atoms with Gasteiger partial charge in [-0.2, -0.15) is 0 Å². The molecule has 0 aromatic heterocycles. The summed E-state index contributed by atoms with van der Waals surface area (Å²) >= 11 is 3.41. The molecule has 1 aliphatic rings. The van der Waals surface area contributed by atoms with Crippen molar-refractivity contribution < 1.29 is 12.2 Å². The quantitative estimate of drug-likeness (QED) is 0.838. The summed E-state index contributed by atoms with van der Waals surface area (Å²) in [5.41, 5.74) is 1.92. The first kappa shape index (κ1) is 9.28. The molecule has 0 atom stereocenters. The fourth-order valence-electron chi connectivity index (χ4n) is 1.79. The number of fused-ring (bicyclic) bond motifs is 1. The molecule has 0 fully saturated rings. The van der Waals surface area contributed by atoms with Crippen molar-refractivity contribution in [3.8, 4) is 11.5 Å². The number of nitrogens with zero attached hydrogens (tertiary/aromatic N) is 1. The zero-order valence-corrected chi connectivity index (χ0v) is 11.3. The van der Waals surface area contributed by atoms with Crippen molar-refractivity contribution in [2.24, 2.45) is 0 Å². The maximum absolute atomic E-state index is 7.44.